The van der Waals surface area contributed by atoms with Gasteiger partial charge in [-0.3, -0.25) is 9.59 Å². The van der Waals surface area contributed by atoms with Crippen LogP contribution in [0.5, 0.6) is 0 Å². The maximum atomic E-state index is 13.2. The van der Waals surface area contributed by atoms with E-state index in [0.717, 1.165) is 23.9 Å². The molecule has 2 aromatic carbocycles. The van der Waals surface area contributed by atoms with Crippen LogP contribution in [0.1, 0.15) is 24.4 Å². The zero-order valence-electron chi connectivity index (χ0n) is 14.3. The molecule has 0 N–H and O–H groups in total. The van der Waals surface area contributed by atoms with Crippen LogP contribution in [0.3, 0.4) is 0 Å². The van der Waals surface area contributed by atoms with Crippen molar-refractivity contribution in [2.45, 2.75) is 25.4 Å². The third kappa shape index (κ3) is 3.01. The van der Waals surface area contributed by atoms with Gasteiger partial charge in [0.25, 0.3) is 0 Å². The molecule has 0 saturated carbocycles. The van der Waals surface area contributed by atoms with E-state index in [-0.39, 0.29) is 29.7 Å². The summed E-state index contributed by atoms with van der Waals surface area (Å²) in [6.07, 6.45) is 3.48. The van der Waals surface area contributed by atoms with Gasteiger partial charge in [0, 0.05) is 24.2 Å². The molecule has 3 aromatic rings. The molecule has 132 valence electrons. The van der Waals surface area contributed by atoms with E-state index < -0.39 is 0 Å². The molecule has 1 aromatic heterocycles. The predicted octanol–water partition coefficient (Wildman–Crippen LogP) is 3.50. The van der Waals surface area contributed by atoms with Crippen LogP contribution in [0.25, 0.3) is 10.9 Å². The largest absolute Gasteiger partial charge is 0.338 e. The van der Waals surface area contributed by atoms with Crippen molar-refractivity contribution in [1.82, 2.24) is 9.47 Å². The Hall–Kier alpha value is -2.95. The second-order valence-corrected chi connectivity index (χ2v) is 6.62. The minimum Gasteiger partial charge on any atom is -0.338 e. The number of hydrogen-bond acceptors (Lipinski definition) is 2. The van der Waals surface area contributed by atoms with E-state index in [1.165, 1.54) is 18.2 Å². The van der Waals surface area contributed by atoms with Gasteiger partial charge in [0.15, 0.2) is 5.43 Å². The van der Waals surface area contributed by atoms with Gasteiger partial charge in [-0.05, 0) is 42.7 Å². The van der Waals surface area contributed by atoms with E-state index in [9.17, 15) is 14.0 Å². The van der Waals surface area contributed by atoms with Gasteiger partial charge in [-0.1, -0.05) is 24.3 Å². The lowest BCUT2D eigenvalue weighted by molar-refractivity contribution is -0.132. The number of pyridine rings is 1. The molecule has 1 amide bonds. The maximum Gasteiger partial charge on any atom is 0.243 e. The fourth-order valence-electron chi connectivity index (χ4n) is 3.73. The predicted molar refractivity (Wildman–Crippen MR) is 98.3 cm³/mol. The Morgan fingerprint density at radius 2 is 1.85 bits per heavy atom. The van der Waals surface area contributed by atoms with Crippen LogP contribution in [0.2, 0.25) is 0 Å². The Balaban J connectivity index is 1.61. The van der Waals surface area contributed by atoms with Gasteiger partial charge in [0.1, 0.15) is 12.4 Å². The molecule has 2 heterocycles. The van der Waals surface area contributed by atoms with Gasteiger partial charge in [-0.2, -0.15) is 0 Å². The summed E-state index contributed by atoms with van der Waals surface area (Å²) in [5.74, 6) is -0.269. The molecule has 4 rings (SSSR count). The first-order chi connectivity index (χ1) is 12.6. The van der Waals surface area contributed by atoms with E-state index in [0.29, 0.717) is 11.9 Å². The van der Waals surface area contributed by atoms with E-state index in [1.807, 2.05) is 27.7 Å². The number of halogens is 1. The molecular weight excluding hydrogens is 331 g/mol. The van der Waals surface area contributed by atoms with Gasteiger partial charge in [0.2, 0.25) is 5.91 Å². The van der Waals surface area contributed by atoms with Crippen molar-refractivity contribution in [3.05, 3.63) is 82.4 Å². The fraction of sp³-hybridized carbons (Fsp3) is 0.238. The zero-order chi connectivity index (χ0) is 18.1. The topological polar surface area (TPSA) is 42.3 Å². The second-order valence-electron chi connectivity index (χ2n) is 6.62. The van der Waals surface area contributed by atoms with Crippen molar-refractivity contribution in [1.29, 1.82) is 0 Å². The number of para-hydroxylation sites is 1. The summed E-state index contributed by atoms with van der Waals surface area (Å²) >= 11 is 0. The molecule has 26 heavy (non-hydrogen) atoms. The molecule has 0 spiro atoms. The van der Waals surface area contributed by atoms with E-state index in [4.69, 9.17) is 0 Å². The van der Waals surface area contributed by atoms with Crippen molar-refractivity contribution in [2.24, 2.45) is 0 Å². The molecule has 1 aliphatic heterocycles. The molecule has 4 nitrogen and oxygen atoms in total. The lowest BCUT2D eigenvalue weighted by Gasteiger charge is -2.26. The van der Waals surface area contributed by atoms with Crippen molar-refractivity contribution in [2.75, 3.05) is 6.54 Å². The van der Waals surface area contributed by atoms with Gasteiger partial charge in [-0.15, -0.1) is 0 Å². The second kappa shape index (κ2) is 6.75. The zero-order valence-corrected chi connectivity index (χ0v) is 14.3. The summed E-state index contributed by atoms with van der Waals surface area (Å²) < 4.78 is 15.0. The molecule has 1 atom stereocenters. The lowest BCUT2D eigenvalue weighted by atomic mass is 10.0. The van der Waals surface area contributed by atoms with Crippen LogP contribution in [-0.2, 0) is 11.3 Å². The van der Waals surface area contributed by atoms with E-state index >= 15 is 0 Å². The summed E-state index contributed by atoms with van der Waals surface area (Å²) in [6, 6.07) is 15.2. The van der Waals surface area contributed by atoms with Crippen LogP contribution in [0, 0.1) is 5.82 Å². The molecular formula is C21H19FN2O2. The summed E-state index contributed by atoms with van der Waals surface area (Å²) in [5, 5.41) is 0.610. The molecule has 5 heteroatoms. The summed E-state index contributed by atoms with van der Waals surface area (Å²) in [4.78, 5) is 26.8. The number of fused-ring (bicyclic) bond motifs is 1. The first-order valence-corrected chi connectivity index (χ1v) is 8.76. The third-order valence-corrected chi connectivity index (χ3v) is 5.02. The number of aromatic nitrogens is 1. The molecule has 0 radical (unpaired) electrons. The number of benzene rings is 2. The first kappa shape index (κ1) is 16.5. The molecule has 0 unspecified atom stereocenters. The minimum absolute atomic E-state index is 0.00521. The number of likely N-dealkylation sites (tertiary alicyclic amines) is 1. The van der Waals surface area contributed by atoms with Crippen LogP contribution in [0.4, 0.5) is 4.39 Å². The Kier molecular flexibility index (Phi) is 4.29. The Bertz CT molecular complexity index is 1010. The average Bonchev–Trinajstić information content (AvgIpc) is 3.15. The smallest absolute Gasteiger partial charge is 0.243 e. The number of amides is 1. The highest BCUT2D eigenvalue weighted by atomic mass is 19.1. The summed E-state index contributed by atoms with van der Waals surface area (Å²) in [7, 11) is 0. The minimum atomic E-state index is -0.274. The number of hydrogen-bond donors (Lipinski definition) is 0. The van der Waals surface area contributed by atoms with Gasteiger partial charge in [-0.25, -0.2) is 4.39 Å². The van der Waals surface area contributed by atoms with Crippen LogP contribution in [0.15, 0.2) is 65.6 Å². The Labute approximate surface area is 150 Å². The van der Waals surface area contributed by atoms with Crippen molar-refractivity contribution < 1.29 is 9.18 Å². The van der Waals surface area contributed by atoms with Crippen molar-refractivity contribution >= 4 is 16.8 Å². The fourth-order valence-corrected chi connectivity index (χ4v) is 3.73. The van der Waals surface area contributed by atoms with Gasteiger partial charge >= 0.3 is 0 Å². The number of carbonyl (C=O) groups is 1. The molecule has 1 saturated heterocycles. The lowest BCUT2D eigenvalue weighted by Crippen LogP contribution is -2.33. The maximum absolute atomic E-state index is 13.2. The quantitative estimate of drug-likeness (QED) is 0.725. The summed E-state index contributed by atoms with van der Waals surface area (Å²) in [5.41, 5.74) is 1.67. The standard InChI is InChI=1S/C21H19FN2O2/c22-16-9-7-15(8-10-16)18-6-3-12-24(18)21(26)14-23-13-11-20(25)17-4-1-2-5-19(17)23/h1-2,4-5,7-11,13,18H,3,6,12,14H2/t18-/m0/s1. The Morgan fingerprint density at radius 3 is 2.65 bits per heavy atom. The van der Waals surface area contributed by atoms with Crippen LogP contribution >= 0.6 is 0 Å². The van der Waals surface area contributed by atoms with Crippen LogP contribution in [-0.4, -0.2) is 21.9 Å². The number of rotatable bonds is 3. The molecule has 0 aliphatic carbocycles. The number of nitrogens with zero attached hydrogens (tertiary/aromatic N) is 2. The Morgan fingerprint density at radius 1 is 1.08 bits per heavy atom. The monoisotopic (exact) mass is 350 g/mol. The third-order valence-electron chi connectivity index (χ3n) is 5.02. The summed E-state index contributed by atoms with van der Waals surface area (Å²) in [6.45, 7) is 0.873. The van der Waals surface area contributed by atoms with Crippen molar-refractivity contribution in [3.63, 3.8) is 0 Å². The normalized spacial score (nSPS) is 17.0. The van der Waals surface area contributed by atoms with Gasteiger partial charge < -0.3 is 9.47 Å². The van der Waals surface area contributed by atoms with Gasteiger partial charge in [0.05, 0.1) is 11.6 Å². The highest BCUT2D eigenvalue weighted by Crippen LogP contribution is 2.32. The van der Waals surface area contributed by atoms with Crippen LogP contribution < -0.4 is 5.43 Å². The average molecular weight is 350 g/mol. The highest BCUT2D eigenvalue weighted by molar-refractivity contribution is 5.82. The first-order valence-electron chi connectivity index (χ1n) is 8.76. The highest BCUT2D eigenvalue weighted by Gasteiger charge is 2.29. The van der Waals surface area contributed by atoms with E-state index in [1.54, 1.807) is 24.4 Å². The molecule has 1 fully saturated rings. The van der Waals surface area contributed by atoms with Crippen molar-refractivity contribution in [3.8, 4) is 0 Å². The molecule has 1 aliphatic rings. The SMILES string of the molecule is O=C(Cn1ccc(=O)c2ccccc21)N1CCC[C@H]1c1ccc(F)cc1. The number of carbonyl (C=O) groups excluding carboxylic acids is 1. The van der Waals surface area contributed by atoms with E-state index in [2.05, 4.69) is 0 Å². The molecule has 0 bridgehead atoms.